The largest absolute Gasteiger partial charge is 0.573 e. The van der Waals surface area contributed by atoms with Crippen molar-refractivity contribution in [1.82, 2.24) is 0 Å². The van der Waals surface area contributed by atoms with E-state index in [2.05, 4.69) is 4.74 Å². The van der Waals surface area contributed by atoms with Crippen LogP contribution in [0.3, 0.4) is 0 Å². The molecular weight excluding hydrogens is 380 g/mol. The third-order valence-electron chi connectivity index (χ3n) is 4.99. The van der Waals surface area contributed by atoms with Crippen molar-refractivity contribution in [2.24, 2.45) is 5.92 Å². The molecule has 0 aromatic heterocycles. The minimum absolute atomic E-state index is 0.485. The second kappa shape index (κ2) is 8.34. The molecule has 0 N–H and O–H groups in total. The Morgan fingerprint density at radius 2 is 1.56 bits per heavy atom. The van der Waals surface area contributed by atoms with E-state index in [-0.39, 0.29) is 0 Å². The van der Waals surface area contributed by atoms with Gasteiger partial charge in [0.05, 0.1) is 0 Å². The molecule has 0 aliphatic heterocycles. The van der Waals surface area contributed by atoms with Gasteiger partial charge in [-0.2, -0.15) is 0 Å². The van der Waals surface area contributed by atoms with Gasteiger partial charge >= 0.3 is 6.36 Å². The summed E-state index contributed by atoms with van der Waals surface area (Å²) in [4.78, 5) is 0. The lowest BCUT2D eigenvalue weighted by Gasteiger charge is -2.27. The Bertz CT molecular complexity index is 791. The molecular formula is C21H19ClF4O. The van der Waals surface area contributed by atoms with Crippen LogP contribution in [0.2, 0.25) is 0 Å². The Morgan fingerprint density at radius 1 is 0.926 bits per heavy atom. The second-order valence-electron chi connectivity index (χ2n) is 6.75. The molecule has 0 heterocycles. The average Bonchev–Trinajstić information content (AvgIpc) is 2.63. The van der Waals surface area contributed by atoms with Crippen LogP contribution in [-0.2, 0) is 0 Å². The van der Waals surface area contributed by atoms with E-state index in [9.17, 15) is 17.6 Å². The summed E-state index contributed by atoms with van der Waals surface area (Å²) in [7, 11) is 0. The fraction of sp³-hybridized carbons (Fsp3) is 0.333. The van der Waals surface area contributed by atoms with E-state index in [4.69, 9.17) is 11.6 Å². The molecule has 0 radical (unpaired) electrons. The zero-order chi connectivity index (χ0) is 19.4. The van der Waals surface area contributed by atoms with Gasteiger partial charge in [0.1, 0.15) is 0 Å². The molecule has 27 heavy (non-hydrogen) atoms. The van der Waals surface area contributed by atoms with Crippen molar-refractivity contribution in [2.75, 3.05) is 0 Å². The van der Waals surface area contributed by atoms with Crippen molar-refractivity contribution in [3.05, 3.63) is 65.5 Å². The van der Waals surface area contributed by atoms with Crippen molar-refractivity contribution in [3.63, 3.8) is 0 Å². The van der Waals surface area contributed by atoms with Gasteiger partial charge in [-0.05, 0) is 66.3 Å². The van der Waals surface area contributed by atoms with Crippen molar-refractivity contribution in [3.8, 4) is 16.9 Å². The average molecular weight is 399 g/mol. The van der Waals surface area contributed by atoms with Crippen LogP contribution in [0.4, 0.5) is 17.6 Å². The van der Waals surface area contributed by atoms with Crippen molar-refractivity contribution in [2.45, 2.75) is 38.0 Å². The summed E-state index contributed by atoms with van der Waals surface area (Å²) >= 11 is 5.65. The number of alkyl halides is 3. The van der Waals surface area contributed by atoms with E-state index >= 15 is 0 Å². The zero-order valence-electron chi connectivity index (χ0n) is 14.5. The molecule has 144 valence electrons. The molecule has 0 saturated heterocycles. The summed E-state index contributed by atoms with van der Waals surface area (Å²) in [5, 5.41) is 0. The number of ether oxygens (including phenoxy) is 1. The maximum atomic E-state index is 13.9. The Labute approximate surface area is 160 Å². The Kier molecular flexibility index (Phi) is 6.10. The van der Waals surface area contributed by atoms with Crippen molar-refractivity contribution >= 4 is 11.6 Å². The van der Waals surface area contributed by atoms with Crippen molar-refractivity contribution < 1.29 is 22.3 Å². The van der Waals surface area contributed by atoms with Crippen LogP contribution >= 0.6 is 11.6 Å². The van der Waals surface area contributed by atoms with Crippen LogP contribution < -0.4 is 4.74 Å². The van der Waals surface area contributed by atoms with Gasteiger partial charge in [0.15, 0.2) is 11.6 Å². The lowest BCUT2D eigenvalue weighted by Crippen LogP contribution is -2.17. The predicted molar refractivity (Wildman–Crippen MR) is 98.2 cm³/mol. The lowest BCUT2D eigenvalue weighted by molar-refractivity contribution is -0.275. The summed E-state index contributed by atoms with van der Waals surface area (Å²) < 4.78 is 54.3. The number of rotatable bonds is 4. The Hall–Kier alpha value is -2.01. The van der Waals surface area contributed by atoms with E-state index in [0.717, 1.165) is 43.4 Å². The lowest BCUT2D eigenvalue weighted by atomic mass is 9.78. The first-order valence-corrected chi connectivity index (χ1v) is 9.22. The molecule has 1 aliphatic carbocycles. The smallest absolute Gasteiger partial charge is 0.403 e. The highest BCUT2D eigenvalue weighted by molar-refractivity contribution is 6.25. The molecule has 1 aliphatic rings. The summed E-state index contributed by atoms with van der Waals surface area (Å²) in [6, 6.07) is 11.2. The van der Waals surface area contributed by atoms with E-state index in [0.29, 0.717) is 17.4 Å². The molecule has 3 rings (SSSR count). The molecule has 0 atom stereocenters. The van der Waals surface area contributed by atoms with Crippen LogP contribution in [0.1, 0.15) is 37.2 Å². The minimum atomic E-state index is -4.91. The number of benzene rings is 2. The Balaban J connectivity index is 1.70. The first-order chi connectivity index (χ1) is 12.9. The van der Waals surface area contributed by atoms with Crippen molar-refractivity contribution in [1.29, 1.82) is 0 Å². The van der Waals surface area contributed by atoms with Gasteiger partial charge < -0.3 is 4.74 Å². The highest BCUT2D eigenvalue weighted by Gasteiger charge is 2.32. The molecule has 0 unspecified atom stereocenters. The van der Waals surface area contributed by atoms with E-state index in [1.807, 2.05) is 30.3 Å². The van der Waals surface area contributed by atoms with Crippen LogP contribution in [-0.4, -0.2) is 6.36 Å². The normalized spacial score (nSPS) is 20.8. The molecule has 0 spiro atoms. The molecule has 0 amide bonds. The first kappa shape index (κ1) is 19.7. The standard InChI is InChI=1S/C21H19ClF4O/c22-12-11-14-1-3-15(4-2-14)16-5-7-17(8-6-16)18-9-10-20(19(23)13-18)27-21(24,25)26/h5-15H,1-4H2/b12-11+/t14-,15-. The maximum absolute atomic E-state index is 13.9. The van der Waals surface area contributed by atoms with Gasteiger partial charge in [0, 0.05) is 5.54 Å². The third-order valence-corrected chi connectivity index (χ3v) is 5.14. The Morgan fingerprint density at radius 3 is 2.11 bits per heavy atom. The summed E-state index contributed by atoms with van der Waals surface area (Å²) in [5.41, 5.74) is 4.06. The highest BCUT2D eigenvalue weighted by atomic mass is 35.5. The highest BCUT2D eigenvalue weighted by Crippen LogP contribution is 2.37. The maximum Gasteiger partial charge on any atom is 0.573 e. The molecule has 1 saturated carbocycles. The summed E-state index contributed by atoms with van der Waals surface area (Å²) in [6.45, 7) is 0. The number of halogens is 5. The number of allylic oxidation sites excluding steroid dienone is 1. The van der Waals surface area contributed by atoms with E-state index in [1.54, 1.807) is 5.54 Å². The third kappa shape index (κ3) is 5.25. The fourth-order valence-electron chi connectivity index (χ4n) is 3.58. The van der Waals surface area contributed by atoms with E-state index < -0.39 is 17.9 Å². The SMILES string of the molecule is Fc1cc(-c2ccc([C@H]3CC[C@H](/C=C/Cl)CC3)cc2)ccc1OC(F)(F)F. The topological polar surface area (TPSA) is 9.23 Å². The number of hydrogen-bond acceptors (Lipinski definition) is 1. The fourth-order valence-corrected chi connectivity index (χ4v) is 3.79. The monoisotopic (exact) mass is 398 g/mol. The molecule has 0 bridgehead atoms. The minimum Gasteiger partial charge on any atom is -0.403 e. The van der Waals surface area contributed by atoms with E-state index in [1.165, 1.54) is 11.6 Å². The second-order valence-corrected chi connectivity index (χ2v) is 7.00. The molecule has 1 fully saturated rings. The predicted octanol–water partition coefficient (Wildman–Crippen LogP) is 7.42. The van der Waals surface area contributed by atoms with Gasteiger partial charge in [-0.3, -0.25) is 0 Å². The molecule has 1 nitrogen and oxygen atoms in total. The van der Waals surface area contributed by atoms with Gasteiger partial charge in [-0.15, -0.1) is 13.2 Å². The quantitative estimate of drug-likeness (QED) is 0.487. The molecule has 2 aromatic rings. The summed E-state index contributed by atoms with van der Waals surface area (Å²) in [6.07, 6.45) is 1.50. The molecule has 2 aromatic carbocycles. The van der Waals surface area contributed by atoms with Gasteiger partial charge in [-0.25, -0.2) is 4.39 Å². The van der Waals surface area contributed by atoms with Crippen LogP contribution in [0.25, 0.3) is 11.1 Å². The van der Waals surface area contributed by atoms with Gasteiger partial charge in [-0.1, -0.05) is 48.0 Å². The zero-order valence-corrected chi connectivity index (χ0v) is 15.2. The van der Waals surface area contributed by atoms with Gasteiger partial charge in [0.2, 0.25) is 0 Å². The van der Waals surface area contributed by atoms with Crippen LogP contribution in [0, 0.1) is 11.7 Å². The summed E-state index contributed by atoms with van der Waals surface area (Å²) in [5.74, 6) is -0.845. The first-order valence-electron chi connectivity index (χ1n) is 8.78. The number of hydrogen-bond donors (Lipinski definition) is 0. The molecule has 6 heteroatoms. The van der Waals surface area contributed by atoms with Crippen LogP contribution in [0.15, 0.2) is 54.1 Å². The van der Waals surface area contributed by atoms with Gasteiger partial charge in [0.25, 0.3) is 0 Å². The van der Waals surface area contributed by atoms with Crippen LogP contribution in [0.5, 0.6) is 5.75 Å².